The van der Waals surface area contributed by atoms with Crippen LogP contribution in [0.15, 0.2) is 6.07 Å². The maximum Gasteiger partial charge on any atom is 0.408 e. The lowest BCUT2D eigenvalue weighted by molar-refractivity contribution is 0.129. The summed E-state index contributed by atoms with van der Waals surface area (Å²) in [6, 6.07) is 1.93. The summed E-state index contributed by atoms with van der Waals surface area (Å²) in [5.74, 6) is 0. The zero-order valence-electron chi connectivity index (χ0n) is 8.44. The molecule has 0 aromatic carbocycles. The quantitative estimate of drug-likeness (QED) is 0.724. The summed E-state index contributed by atoms with van der Waals surface area (Å²) in [4.78, 5) is 11.0. The molecule has 0 saturated carbocycles. The molecule has 0 radical (unpaired) electrons. The van der Waals surface area contributed by atoms with Gasteiger partial charge in [-0.15, -0.1) is 0 Å². The van der Waals surface area contributed by atoms with Crippen molar-refractivity contribution in [3.05, 3.63) is 17.5 Å². The number of carbonyl (C=O) groups is 1. The topological polar surface area (TPSA) is 56.1 Å². The summed E-state index contributed by atoms with van der Waals surface area (Å²) >= 11 is 0. The smallest absolute Gasteiger partial charge is 0.408 e. The number of hydrogen-bond acceptors (Lipinski definition) is 3. The van der Waals surface area contributed by atoms with Gasteiger partial charge in [0.15, 0.2) is 6.10 Å². The van der Waals surface area contributed by atoms with Crippen LogP contribution in [0.4, 0.5) is 4.79 Å². The molecule has 0 aliphatic carbocycles. The van der Waals surface area contributed by atoms with Crippen LogP contribution in [0.5, 0.6) is 0 Å². The Morgan fingerprint density at radius 2 is 2.36 bits per heavy atom. The minimum Gasteiger partial charge on any atom is -0.438 e. The molecule has 2 atom stereocenters. The van der Waals surface area contributed by atoms with E-state index in [0.717, 1.165) is 11.4 Å². The number of aromatic nitrogens is 2. The van der Waals surface area contributed by atoms with Crippen LogP contribution < -0.4 is 5.32 Å². The van der Waals surface area contributed by atoms with Crippen LogP contribution in [0.25, 0.3) is 0 Å². The molecule has 0 unspecified atom stereocenters. The van der Waals surface area contributed by atoms with Gasteiger partial charge in [0, 0.05) is 7.05 Å². The minimum absolute atomic E-state index is 0.00250. The van der Waals surface area contributed by atoms with E-state index in [4.69, 9.17) is 4.74 Å². The van der Waals surface area contributed by atoms with Crippen molar-refractivity contribution in [2.24, 2.45) is 7.05 Å². The number of nitrogens with one attached hydrogen (secondary N) is 1. The molecule has 0 spiro atoms. The van der Waals surface area contributed by atoms with Gasteiger partial charge in [0.05, 0.1) is 17.4 Å². The Kier molecular flexibility index (Phi) is 1.94. The van der Waals surface area contributed by atoms with Crippen molar-refractivity contribution in [1.29, 1.82) is 0 Å². The van der Waals surface area contributed by atoms with Crippen LogP contribution in [0.2, 0.25) is 0 Å². The van der Waals surface area contributed by atoms with Gasteiger partial charge in [0.2, 0.25) is 0 Å². The number of hydrogen-bond donors (Lipinski definition) is 1. The third-order valence-electron chi connectivity index (χ3n) is 2.36. The molecule has 2 heterocycles. The molecule has 0 bridgehead atoms. The highest BCUT2D eigenvalue weighted by atomic mass is 16.6. The fraction of sp³-hybridized carbons (Fsp3) is 0.556. The number of carbonyl (C=O) groups excluding carboxylic acids is 1. The summed E-state index contributed by atoms with van der Waals surface area (Å²) in [6.45, 7) is 3.83. The Labute approximate surface area is 82.0 Å². The van der Waals surface area contributed by atoms with Crippen molar-refractivity contribution >= 4 is 6.09 Å². The minimum atomic E-state index is -0.360. The van der Waals surface area contributed by atoms with E-state index in [0.29, 0.717) is 0 Å². The summed E-state index contributed by atoms with van der Waals surface area (Å²) in [5.41, 5.74) is 1.85. The second-order valence-electron chi connectivity index (χ2n) is 3.59. The molecule has 5 heteroatoms. The predicted molar refractivity (Wildman–Crippen MR) is 49.8 cm³/mol. The van der Waals surface area contributed by atoms with E-state index in [1.54, 1.807) is 4.68 Å². The number of aryl methyl sites for hydroxylation is 2. The second kappa shape index (κ2) is 3.01. The first-order valence-corrected chi connectivity index (χ1v) is 4.55. The van der Waals surface area contributed by atoms with Crippen molar-refractivity contribution in [2.75, 3.05) is 0 Å². The van der Waals surface area contributed by atoms with Gasteiger partial charge < -0.3 is 10.1 Å². The maximum absolute atomic E-state index is 11.0. The van der Waals surface area contributed by atoms with E-state index in [9.17, 15) is 4.79 Å². The van der Waals surface area contributed by atoms with Crippen LogP contribution in [-0.4, -0.2) is 21.9 Å². The molecule has 5 nitrogen and oxygen atoms in total. The standard InChI is InChI=1S/C9H13N3O2/c1-5-4-7(12(3)11-5)8-6(2)10-9(13)14-8/h4,6,8H,1-3H3,(H,10,13)/t6-,8-/m0/s1. The maximum atomic E-state index is 11.0. The average Bonchev–Trinajstić information content (AvgIpc) is 2.55. The van der Waals surface area contributed by atoms with Gasteiger partial charge >= 0.3 is 6.09 Å². The van der Waals surface area contributed by atoms with Crippen molar-refractivity contribution in [3.63, 3.8) is 0 Å². The Morgan fingerprint density at radius 3 is 2.79 bits per heavy atom. The summed E-state index contributed by atoms with van der Waals surface area (Å²) < 4.78 is 6.89. The highest BCUT2D eigenvalue weighted by Gasteiger charge is 2.33. The predicted octanol–water partition coefficient (Wildman–Crippen LogP) is 0.898. The van der Waals surface area contributed by atoms with Crippen molar-refractivity contribution < 1.29 is 9.53 Å². The first kappa shape index (κ1) is 9.05. The lowest BCUT2D eigenvalue weighted by Gasteiger charge is -2.12. The Bertz CT molecular complexity index is 372. The zero-order valence-corrected chi connectivity index (χ0v) is 8.44. The van der Waals surface area contributed by atoms with Crippen LogP contribution >= 0.6 is 0 Å². The highest BCUT2D eigenvalue weighted by Crippen LogP contribution is 2.25. The second-order valence-corrected chi connectivity index (χ2v) is 3.59. The SMILES string of the molecule is Cc1cc([C@H]2OC(=O)N[C@H]2C)n(C)n1. The van der Waals surface area contributed by atoms with Crippen LogP contribution in [0.1, 0.15) is 24.4 Å². The van der Waals surface area contributed by atoms with Crippen LogP contribution in [-0.2, 0) is 11.8 Å². The molecular weight excluding hydrogens is 182 g/mol. The van der Waals surface area contributed by atoms with Gasteiger partial charge in [-0.05, 0) is 19.9 Å². The lowest BCUT2D eigenvalue weighted by atomic mass is 10.1. The summed E-state index contributed by atoms with van der Waals surface area (Å²) in [6.07, 6.45) is -0.588. The van der Waals surface area contributed by atoms with E-state index in [1.807, 2.05) is 27.0 Å². The Balaban J connectivity index is 2.31. The van der Waals surface area contributed by atoms with Crippen molar-refractivity contribution in [2.45, 2.75) is 26.0 Å². The van der Waals surface area contributed by atoms with E-state index in [-0.39, 0.29) is 18.2 Å². The van der Waals surface area contributed by atoms with Gasteiger partial charge in [-0.2, -0.15) is 5.10 Å². The summed E-state index contributed by atoms with van der Waals surface area (Å²) in [7, 11) is 1.85. The van der Waals surface area contributed by atoms with E-state index in [2.05, 4.69) is 10.4 Å². The van der Waals surface area contributed by atoms with Gasteiger partial charge in [-0.1, -0.05) is 0 Å². The normalized spacial score (nSPS) is 26.1. The van der Waals surface area contributed by atoms with Crippen molar-refractivity contribution in [3.8, 4) is 0 Å². The Morgan fingerprint density at radius 1 is 1.64 bits per heavy atom. The number of nitrogens with zero attached hydrogens (tertiary/aromatic N) is 2. The average molecular weight is 195 g/mol. The fourth-order valence-electron chi connectivity index (χ4n) is 1.73. The van der Waals surface area contributed by atoms with Crippen molar-refractivity contribution in [1.82, 2.24) is 15.1 Å². The van der Waals surface area contributed by atoms with E-state index < -0.39 is 0 Å². The van der Waals surface area contributed by atoms with E-state index >= 15 is 0 Å². The molecule has 1 saturated heterocycles. The molecule has 76 valence electrons. The summed E-state index contributed by atoms with van der Waals surface area (Å²) in [5, 5.41) is 6.91. The molecule has 1 aliphatic heterocycles. The van der Waals surface area contributed by atoms with Gasteiger partial charge in [-0.25, -0.2) is 4.79 Å². The van der Waals surface area contributed by atoms with Gasteiger partial charge in [-0.3, -0.25) is 4.68 Å². The number of amides is 1. The molecule has 1 aromatic rings. The molecule has 14 heavy (non-hydrogen) atoms. The molecule has 1 N–H and O–H groups in total. The number of alkyl carbamates (subject to hydrolysis) is 1. The lowest BCUT2D eigenvalue weighted by Crippen LogP contribution is -2.24. The van der Waals surface area contributed by atoms with Crippen LogP contribution in [0.3, 0.4) is 0 Å². The first-order valence-electron chi connectivity index (χ1n) is 4.55. The van der Waals surface area contributed by atoms with Gasteiger partial charge in [0.1, 0.15) is 0 Å². The third-order valence-corrected chi connectivity index (χ3v) is 2.36. The molecule has 2 rings (SSSR count). The highest BCUT2D eigenvalue weighted by molar-refractivity contribution is 5.70. The Hall–Kier alpha value is -1.52. The van der Waals surface area contributed by atoms with E-state index in [1.165, 1.54) is 0 Å². The van der Waals surface area contributed by atoms with Gasteiger partial charge in [0.25, 0.3) is 0 Å². The monoisotopic (exact) mass is 195 g/mol. The molecule has 1 fully saturated rings. The largest absolute Gasteiger partial charge is 0.438 e. The molecule has 1 aromatic heterocycles. The number of rotatable bonds is 1. The zero-order chi connectivity index (χ0) is 10.3. The van der Waals surface area contributed by atoms with Crippen LogP contribution in [0, 0.1) is 6.92 Å². The third kappa shape index (κ3) is 1.34. The molecule has 1 aliphatic rings. The molecular formula is C9H13N3O2. The molecule has 1 amide bonds. The number of cyclic esters (lactones) is 1. The number of ether oxygens (including phenoxy) is 1. The fourth-order valence-corrected chi connectivity index (χ4v) is 1.73. The first-order chi connectivity index (χ1) is 6.58.